The summed E-state index contributed by atoms with van der Waals surface area (Å²) in [6.07, 6.45) is 6.12. The van der Waals surface area contributed by atoms with E-state index in [1.807, 2.05) is 0 Å². The van der Waals surface area contributed by atoms with Crippen LogP contribution in [-0.2, 0) is 0 Å². The molecule has 8 heavy (non-hydrogen) atoms. The van der Waals surface area contributed by atoms with Crippen LogP contribution in [0.5, 0.6) is 0 Å². The van der Waals surface area contributed by atoms with Crippen LogP contribution in [0.15, 0.2) is 0 Å². The molecule has 0 aliphatic carbocycles. The van der Waals surface area contributed by atoms with Crippen molar-refractivity contribution in [1.82, 2.24) is 0 Å². The molecule has 0 N–H and O–H groups in total. The van der Waals surface area contributed by atoms with Gasteiger partial charge in [-0.3, -0.25) is 0 Å². The van der Waals surface area contributed by atoms with Crippen LogP contribution in [0.1, 0.15) is 25.7 Å². The van der Waals surface area contributed by atoms with Gasteiger partial charge >= 0.3 is 125 Å². The number of rotatable bonds is 5. The first-order valence-electron chi connectivity index (χ1n) is 3.91. The van der Waals surface area contributed by atoms with Gasteiger partial charge in [0.05, 0.1) is 0 Å². The van der Waals surface area contributed by atoms with E-state index < -0.39 is 0 Å². The third-order valence-corrected chi connectivity index (χ3v) is 3.67. The van der Waals surface area contributed by atoms with Crippen LogP contribution in [0, 0.1) is 0 Å². The second-order valence-electron chi connectivity index (χ2n) is 2.41. The molecule has 0 aromatic heterocycles. The Balaban J connectivity index is 2.53. The Bertz CT molecular complexity index is 31.5. The first kappa shape index (κ1) is 11.3. The Kier molecular flexibility index (Phi) is 14.5. The average molecular weight is 162 g/mol. The van der Waals surface area contributed by atoms with E-state index in [0.29, 0.717) is 0 Å². The quantitative estimate of drug-likeness (QED) is 0.426. The minimum absolute atomic E-state index is 1.12. The number of hydrogen-bond donors (Lipinski definition) is 0. The van der Waals surface area contributed by atoms with Gasteiger partial charge in [-0.2, -0.15) is 0 Å². The van der Waals surface area contributed by atoms with E-state index in [2.05, 4.69) is 0 Å². The van der Waals surface area contributed by atoms with Gasteiger partial charge in [0.1, 0.15) is 0 Å². The van der Waals surface area contributed by atoms with Gasteiger partial charge in [-0.25, -0.2) is 0 Å². The summed E-state index contributed by atoms with van der Waals surface area (Å²) in [5.41, 5.74) is 0. The summed E-state index contributed by atoms with van der Waals surface area (Å²) in [7, 11) is 0. The van der Waals surface area contributed by atoms with E-state index in [9.17, 15) is 0 Å². The zero-order valence-corrected chi connectivity index (χ0v) is 12.5. The predicted octanol–water partition coefficient (Wildman–Crippen LogP) is 1.72. The molecule has 0 rings (SSSR count). The van der Waals surface area contributed by atoms with Crippen LogP contribution < -0.4 is 0 Å². The van der Waals surface area contributed by atoms with E-state index in [-0.39, 0.29) is 0 Å². The molecular formula is C6H12K2. The summed E-state index contributed by atoms with van der Waals surface area (Å²) in [5, 5.41) is 0. The third-order valence-electron chi connectivity index (χ3n) is 1.46. The van der Waals surface area contributed by atoms with Gasteiger partial charge in [0.2, 0.25) is 0 Å². The molecule has 0 heterocycles. The average Bonchev–Trinajstić information content (AvgIpc) is 1.81. The van der Waals surface area contributed by atoms with Crippen molar-refractivity contribution in [1.29, 1.82) is 0 Å². The molecule has 0 spiro atoms. The van der Waals surface area contributed by atoms with Gasteiger partial charge in [-0.1, -0.05) is 0 Å². The van der Waals surface area contributed by atoms with Crippen molar-refractivity contribution >= 4 is 97.9 Å². The fourth-order valence-electron chi connectivity index (χ4n) is 0.854. The zero-order valence-electron chi connectivity index (χ0n) is 6.24. The molecule has 0 unspecified atom stereocenters. The number of hydrogen-bond acceptors (Lipinski definition) is 0. The summed E-state index contributed by atoms with van der Waals surface area (Å²) in [4.78, 5) is 0. The SMILES string of the molecule is [K][CH2]CCCC[CH2][K]. The standard InChI is InChI=1S/C6H12.2K/c1-3-5-6-4-2;;/h1-6H2;;. The molecule has 0 bridgehead atoms. The van der Waals surface area contributed by atoms with Crippen molar-refractivity contribution in [3.8, 4) is 0 Å². The van der Waals surface area contributed by atoms with Crippen LogP contribution in [0.25, 0.3) is 0 Å². The van der Waals surface area contributed by atoms with Crippen LogP contribution in [-0.4, -0.2) is 97.9 Å². The van der Waals surface area contributed by atoms with Crippen molar-refractivity contribution < 1.29 is 0 Å². The fourth-order valence-corrected chi connectivity index (χ4v) is 2.42. The Morgan fingerprint density at radius 2 is 1.00 bits per heavy atom. The summed E-state index contributed by atoms with van der Waals surface area (Å²) >= 11 is 2.24. The molecule has 0 aromatic rings. The van der Waals surface area contributed by atoms with Crippen molar-refractivity contribution in [2.24, 2.45) is 0 Å². The van der Waals surface area contributed by atoms with Crippen LogP contribution in [0.4, 0.5) is 0 Å². The molecule has 0 aliphatic heterocycles. The summed E-state index contributed by atoms with van der Waals surface area (Å²) in [6.45, 7) is 0. The number of unbranched alkanes of at least 4 members (excludes halogenated alkanes) is 3. The van der Waals surface area contributed by atoms with Crippen LogP contribution >= 0.6 is 0 Å². The van der Waals surface area contributed by atoms with Crippen molar-refractivity contribution in [3.63, 3.8) is 0 Å². The van der Waals surface area contributed by atoms with Crippen LogP contribution in [0.2, 0.25) is 1.03 Å². The predicted molar refractivity (Wildman–Crippen MR) is 39.6 cm³/mol. The molecule has 0 saturated carbocycles. The Morgan fingerprint density at radius 1 is 0.625 bits per heavy atom. The van der Waals surface area contributed by atoms with E-state index in [1.54, 1.807) is 1.03 Å². The Labute approximate surface area is 121 Å². The van der Waals surface area contributed by atoms with Crippen LogP contribution in [0.3, 0.4) is 0 Å². The van der Waals surface area contributed by atoms with E-state index in [0.717, 1.165) is 97.9 Å². The molecule has 0 aliphatic rings. The van der Waals surface area contributed by atoms with E-state index >= 15 is 0 Å². The molecule has 0 aromatic carbocycles. The van der Waals surface area contributed by atoms with Gasteiger partial charge < -0.3 is 0 Å². The van der Waals surface area contributed by atoms with Gasteiger partial charge in [0, 0.05) is 0 Å². The van der Waals surface area contributed by atoms with Gasteiger partial charge in [0.25, 0.3) is 0 Å². The second kappa shape index (κ2) is 10.3. The van der Waals surface area contributed by atoms with Crippen molar-refractivity contribution in [2.75, 3.05) is 0 Å². The molecular weight excluding hydrogens is 150 g/mol. The van der Waals surface area contributed by atoms with Gasteiger partial charge in [-0.05, 0) is 0 Å². The van der Waals surface area contributed by atoms with Crippen molar-refractivity contribution in [2.45, 2.75) is 26.7 Å². The third kappa shape index (κ3) is 9.27. The normalized spacial score (nSPS) is 10.0. The summed E-state index contributed by atoms with van der Waals surface area (Å²) in [5.74, 6) is 0. The maximum atomic E-state index is 1.57. The molecule has 0 amide bonds. The first-order chi connectivity index (χ1) is 3.91. The Morgan fingerprint density at radius 3 is 1.25 bits per heavy atom. The summed E-state index contributed by atoms with van der Waals surface area (Å²) in [6, 6.07) is 0. The topological polar surface area (TPSA) is 0 Å². The molecule has 38 valence electrons. The van der Waals surface area contributed by atoms with E-state index in [1.165, 1.54) is 25.7 Å². The van der Waals surface area contributed by atoms with Gasteiger partial charge in [0.15, 0.2) is 0 Å². The monoisotopic (exact) mass is 162 g/mol. The molecule has 0 saturated heterocycles. The minimum atomic E-state index is 1.12. The molecule has 0 nitrogen and oxygen atoms in total. The Hall–Kier alpha value is 3.27. The first-order valence-corrected chi connectivity index (χ1v) is 8.33. The molecule has 0 fully saturated rings. The second-order valence-corrected chi connectivity index (χ2v) is 5.54. The fraction of sp³-hybridized carbons (Fsp3) is 1.00. The maximum absolute atomic E-state index is 1.57. The van der Waals surface area contributed by atoms with Gasteiger partial charge in [-0.15, -0.1) is 0 Å². The molecule has 2 heteroatoms. The van der Waals surface area contributed by atoms with E-state index in [4.69, 9.17) is 0 Å². The van der Waals surface area contributed by atoms with Crippen molar-refractivity contribution in [3.05, 3.63) is 0 Å². The molecule has 0 atom stereocenters. The molecule has 0 radical (unpaired) electrons. The zero-order chi connectivity index (χ0) is 6.24. The summed E-state index contributed by atoms with van der Waals surface area (Å²) < 4.78 is 3.14.